The standard InChI is InChI=1S/C14H19N3O/c1-14(5-9-18-10-6-14)11-16-13-4-2-3-12-15-7-8-17(12)13/h2-4,7-8,16H,5-6,9-11H2,1H3. The van der Waals surface area contributed by atoms with Gasteiger partial charge in [0.15, 0.2) is 0 Å². The third kappa shape index (κ3) is 2.20. The van der Waals surface area contributed by atoms with Crippen molar-refractivity contribution in [2.24, 2.45) is 5.41 Å². The van der Waals surface area contributed by atoms with E-state index >= 15 is 0 Å². The zero-order chi connectivity index (χ0) is 12.4. The maximum absolute atomic E-state index is 5.43. The molecular weight excluding hydrogens is 226 g/mol. The lowest BCUT2D eigenvalue weighted by Gasteiger charge is -2.33. The van der Waals surface area contributed by atoms with Gasteiger partial charge >= 0.3 is 0 Å². The molecule has 18 heavy (non-hydrogen) atoms. The molecular formula is C14H19N3O. The van der Waals surface area contributed by atoms with Gasteiger partial charge in [-0.25, -0.2) is 4.98 Å². The van der Waals surface area contributed by atoms with Crippen molar-refractivity contribution in [3.63, 3.8) is 0 Å². The van der Waals surface area contributed by atoms with Gasteiger partial charge in [-0.05, 0) is 30.4 Å². The Morgan fingerprint density at radius 1 is 1.39 bits per heavy atom. The second kappa shape index (κ2) is 4.61. The van der Waals surface area contributed by atoms with E-state index in [1.807, 2.05) is 24.5 Å². The fraction of sp³-hybridized carbons (Fsp3) is 0.500. The summed E-state index contributed by atoms with van der Waals surface area (Å²) in [5.41, 5.74) is 1.32. The minimum absolute atomic E-state index is 0.334. The number of rotatable bonds is 3. The summed E-state index contributed by atoms with van der Waals surface area (Å²) in [4.78, 5) is 4.29. The van der Waals surface area contributed by atoms with Crippen molar-refractivity contribution in [1.82, 2.24) is 9.38 Å². The summed E-state index contributed by atoms with van der Waals surface area (Å²) in [6.45, 7) is 5.07. The Balaban J connectivity index is 1.74. The smallest absolute Gasteiger partial charge is 0.138 e. The largest absolute Gasteiger partial charge is 0.381 e. The molecule has 0 atom stereocenters. The lowest BCUT2D eigenvalue weighted by Crippen LogP contribution is -2.33. The van der Waals surface area contributed by atoms with Crippen molar-refractivity contribution in [2.75, 3.05) is 25.1 Å². The number of ether oxygens (including phenoxy) is 1. The summed E-state index contributed by atoms with van der Waals surface area (Å²) in [6.07, 6.45) is 6.07. The molecule has 0 saturated carbocycles. The highest BCUT2D eigenvalue weighted by Gasteiger charge is 2.27. The summed E-state index contributed by atoms with van der Waals surface area (Å²) in [5, 5.41) is 3.55. The Morgan fingerprint density at radius 3 is 3.06 bits per heavy atom. The molecule has 0 spiro atoms. The summed E-state index contributed by atoms with van der Waals surface area (Å²) in [5.74, 6) is 1.11. The van der Waals surface area contributed by atoms with Crippen molar-refractivity contribution < 1.29 is 4.74 Å². The molecule has 0 unspecified atom stereocenters. The van der Waals surface area contributed by atoms with Crippen LogP contribution < -0.4 is 5.32 Å². The van der Waals surface area contributed by atoms with Gasteiger partial charge in [0.1, 0.15) is 11.5 Å². The van der Waals surface area contributed by atoms with Gasteiger partial charge in [0.05, 0.1) is 0 Å². The average molecular weight is 245 g/mol. The van der Waals surface area contributed by atoms with E-state index < -0.39 is 0 Å². The van der Waals surface area contributed by atoms with Crippen molar-refractivity contribution >= 4 is 11.5 Å². The first-order chi connectivity index (χ1) is 8.77. The maximum Gasteiger partial charge on any atom is 0.138 e. The van der Waals surface area contributed by atoms with Gasteiger partial charge in [0, 0.05) is 32.2 Å². The quantitative estimate of drug-likeness (QED) is 0.903. The second-order valence-corrected chi connectivity index (χ2v) is 5.34. The number of hydrogen-bond acceptors (Lipinski definition) is 3. The number of aromatic nitrogens is 2. The molecule has 3 heterocycles. The van der Waals surface area contributed by atoms with E-state index in [2.05, 4.69) is 27.7 Å². The van der Waals surface area contributed by atoms with Crippen molar-refractivity contribution in [1.29, 1.82) is 0 Å². The van der Waals surface area contributed by atoms with Crippen molar-refractivity contribution in [2.45, 2.75) is 19.8 Å². The van der Waals surface area contributed by atoms with Crippen LogP contribution in [0.25, 0.3) is 5.65 Å². The third-order valence-electron chi connectivity index (χ3n) is 3.82. The van der Waals surface area contributed by atoms with Gasteiger partial charge < -0.3 is 10.1 Å². The molecule has 1 aliphatic heterocycles. The number of nitrogens with zero attached hydrogens (tertiary/aromatic N) is 2. The molecule has 0 aliphatic carbocycles. The molecule has 1 aliphatic rings. The molecule has 0 radical (unpaired) electrons. The van der Waals surface area contributed by atoms with E-state index in [4.69, 9.17) is 4.74 Å². The van der Waals surface area contributed by atoms with E-state index in [1.165, 1.54) is 0 Å². The fourth-order valence-corrected chi connectivity index (χ4v) is 2.44. The molecule has 96 valence electrons. The Bertz CT molecular complexity index is 529. The Kier molecular flexibility index (Phi) is 2.96. The van der Waals surface area contributed by atoms with Crippen LogP contribution in [-0.4, -0.2) is 29.1 Å². The molecule has 4 heteroatoms. The average Bonchev–Trinajstić information content (AvgIpc) is 2.86. The normalized spacial score (nSPS) is 18.9. The number of pyridine rings is 1. The Hall–Kier alpha value is -1.55. The maximum atomic E-state index is 5.43. The lowest BCUT2D eigenvalue weighted by atomic mass is 9.82. The monoisotopic (exact) mass is 245 g/mol. The molecule has 0 amide bonds. The first-order valence-corrected chi connectivity index (χ1v) is 6.51. The predicted octanol–water partition coefficient (Wildman–Crippen LogP) is 2.56. The summed E-state index contributed by atoms with van der Waals surface area (Å²) >= 11 is 0. The number of anilines is 1. The summed E-state index contributed by atoms with van der Waals surface area (Å²) in [7, 11) is 0. The van der Waals surface area contributed by atoms with Crippen LogP contribution in [0.3, 0.4) is 0 Å². The van der Waals surface area contributed by atoms with Crippen LogP contribution in [0.4, 0.5) is 5.82 Å². The van der Waals surface area contributed by atoms with Gasteiger partial charge in [0.25, 0.3) is 0 Å². The van der Waals surface area contributed by atoms with E-state index in [9.17, 15) is 0 Å². The molecule has 4 nitrogen and oxygen atoms in total. The minimum atomic E-state index is 0.334. The molecule has 0 aromatic carbocycles. The Morgan fingerprint density at radius 2 is 2.22 bits per heavy atom. The van der Waals surface area contributed by atoms with E-state index in [0.29, 0.717) is 5.41 Å². The van der Waals surface area contributed by atoms with E-state index in [0.717, 1.165) is 44.1 Å². The zero-order valence-electron chi connectivity index (χ0n) is 10.7. The van der Waals surface area contributed by atoms with Gasteiger partial charge in [-0.3, -0.25) is 4.40 Å². The topological polar surface area (TPSA) is 38.6 Å². The van der Waals surface area contributed by atoms with Crippen LogP contribution in [0.15, 0.2) is 30.6 Å². The number of nitrogens with one attached hydrogen (secondary N) is 1. The van der Waals surface area contributed by atoms with Crippen LogP contribution in [0, 0.1) is 5.41 Å². The van der Waals surface area contributed by atoms with E-state index in [1.54, 1.807) is 0 Å². The highest BCUT2D eigenvalue weighted by molar-refractivity contribution is 5.49. The molecule has 2 aromatic heterocycles. The van der Waals surface area contributed by atoms with Crippen LogP contribution >= 0.6 is 0 Å². The molecule has 2 aromatic rings. The first kappa shape index (κ1) is 11.5. The molecule has 1 N–H and O–H groups in total. The fourth-order valence-electron chi connectivity index (χ4n) is 2.44. The number of hydrogen-bond donors (Lipinski definition) is 1. The number of imidazole rings is 1. The SMILES string of the molecule is CC1(CNc2cccc3nccn23)CCOCC1. The van der Waals surface area contributed by atoms with Crippen LogP contribution in [0.2, 0.25) is 0 Å². The number of fused-ring (bicyclic) bond motifs is 1. The second-order valence-electron chi connectivity index (χ2n) is 5.34. The lowest BCUT2D eigenvalue weighted by molar-refractivity contribution is 0.0299. The van der Waals surface area contributed by atoms with E-state index in [-0.39, 0.29) is 0 Å². The van der Waals surface area contributed by atoms with Gasteiger partial charge in [-0.15, -0.1) is 0 Å². The highest BCUT2D eigenvalue weighted by Crippen LogP contribution is 2.29. The van der Waals surface area contributed by atoms with Crippen LogP contribution in [-0.2, 0) is 4.74 Å². The predicted molar refractivity (Wildman–Crippen MR) is 71.8 cm³/mol. The van der Waals surface area contributed by atoms with Crippen molar-refractivity contribution in [3.8, 4) is 0 Å². The zero-order valence-corrected chi connectivity index (χ0v) is 10.7. The first-order valence-electron chi connectivity index (χ1n) is 6.51. The van der Waals surface area contributed by atoms with Crippen LogP contribution in [0.1, 0.15) is 19.8 Å². The minimum Gasteiger partial charge on any atom is -0.381 e. The summed E-state index contributed by atoms with van der Waals surface area (Å²) < 4.78 is 7.52. The van der Waals surface area contributed by atoms with Gasteiger partial charge in [0.2, 0.25) is 0 Å². The van der Waals surface area contributed by atoms with Gasteiger partial charge in [-0.2, -0.15) is 0 Å². The van der Waals surface area contributed by atoms with Gasteiger partial charge in [-0.1, -0.05) is 13.0 Å². The molecule has 1 saturated heterocycles. The van der Waals surface area contributed by atoms with Crippen molar-refractivity contribution in [3.05, 3.63) is 30.6 Å². The molecule has 3 rings (SSSR count). The Labute approximate surface area is 107 Å². The summed E-state index contributed by atoms with van der Waals surface area (Å²) in [6, 6.07) is 6.15. The van der Waals surface area contributed by atoms with Crippen LogP contribution in [0.5, 0.6) is 0 Å². The molecule has 1 fully saturated rings. The molecule has 0 bridgehead atoms. The third-order valence-corrected chi connectivity index (χ3v) is 3.82. The highest BCUT2D eigenvalue weighted by atomic mass is 16.5.